The fourth-order valence-corrected chi connectivity index (χ4v) is 3.95. The summed E-state index contributed by atoms with van der Waals surface area (Å²) in [6, 6.07) is 18.4. The van der Waals surface area contributed by atoms with Crippen LogP contribution < -0.4 is 0 Å². The lowest BCUT2D eigenvalue weighted by Crippen LogP contribution is -2.05. The second-order valence-corrected chi connectivity index (χ2v) is 6.58. The van der Waals surface area contributed by atoms with Gasteiger partial charge in [0.25, 0.3) is 0 Å². The maximum atomic E-state index is 11.7. The first-order valence-corrected chi connectivity index (χ1v) is 8.95. The van der Waals surface area contributed by atoms with E-state index in [1.165, 1.54) is 11.3 Å². The summed E-state index contributed by atoms with van der Waals surface area (Å²) >= 11 is 1.47. The zero-order valence-electron chi connectivity index (χ0n) is 13.6. The van der Waals surface area contributed by atoms with Crippen LogP contribution in [0.15, 0.2) is 60.0 Å². The predicted molar refractivity (Wildman–Crippen MR) is 100 cm³/mol. The van der Waals surface area contributed by atoms with E-state index in [4.69, 9.17) is 0 Å². The summed E-state index contributed by atoms with van der Waals surface area (Å²) in [4.78, 5) is 16.9. The van der Waals surface area contributed by atoms with Gasteiger partial charge >= 0.3 is 5.97 Å². The zero-order chi connectivity index (χ0) is 17.4. The molecule has 0 aliphatic heterocycles. The molecule has 0 atom stereocenters. The van der Waals surface area contributed by atoms with Gasteiger partial charge in [0.15, 0.2) is 10.7 Å². The number of fused-ring (bicyclic) bond motifs is 1. The van der Waals surface area contributed by atoms with Crippen molar-refractivity contribution in [1.82, 2.24) is 9.38 Å². The number of hydrogen-bond acceptors (Lipinski definition) is 3. The Labute approximate surface area is 149 Å². The van der Waals surface area contributed by atoms with E-state index in [0.29, 0.717) is 12.1 Å². The molecule has 1 N–H and O–H groups in total. The number of carboxylic acids is 1. The standard InChI is InChI=1S/C20H16N2O2S/c1-2-16-18(19(23)24)22-17(12-25-20(22)21-16)15-10-8-14(9-11-15)13-6-4-3-5-7-13/h3-12H,2H2,1H3,(H,23,24). The minimum absolute atomic E-state index is 0.265. The quantitative estimate of drug-likeness (QED) is 0.565. The number of aromatic nitrogens is 2. The van der Waals surface area contributed by atoms with Crippen LogP contribution in [0.25, 0.3) is 27.3 Å². The van der Waals surface area contributed by atoms with Gasteiger partial charge in [0, 0.05) is 5.38 Å². The van der Waals surface area contributed by atoms with E-state index in [-0.39, 0.29) is 5.69 Å². The number of carbonyl (C=O) groups is 1. The Kier molecular flexibility index (Phi) is 3.86. The third-order valence-electron chi connectivity index (χ3n) is 4.26. The highest BCUT2D eigenvalue weighted by molar-refractivity contribution is 7.15. The average molecular weight is 348 g/mol. The second kappa shape index (κ2) is 6.18. The Morgan fingerprint density at radius 1 is 1.04 bits per heavy atom. The molecule has 2 heterocycles. The molecule has 0 aliphatic rings. The first-order chi connectivity index (χ1) is 12.2. The fourth-order valence-electron chi connectivity index (χ4n) is 3.03. The van der Waals surface area contributed by atoms with Crippen molar-refractivity contribution < 1.29 is 9.90 Å². The summed E-state index contributed by atoms with van der Waals surface area (Å²) in [5, 5.41) is 11.6. The SMILES string of the molecule is CCc1nc2scc(-c3ccc(-c4ccccc4)cc3)n2c1C(=O)O. The highest BCUT2D eigenvalue weighted by Gasteiger charge is 2.21. The van der Waals surface area contributed by atoms with Gasteiger partial charge in [0.05, 0.1) is 11.4 Å². The molecule has 0 fully saturated rings. The number of benzene rings is 2. The maximum Gasteiger partial charge on any atom is 0.354 e. The maximum absolute atomic E-state index is 11.7. The topological polar surface area (TPSA) is 54.6 Å². The summed E-state index contributed by atoms with van der Waals surface area (Å²) in [7, 11) is 0. The molecule has 25 heavy (non-hydrogen) atoms. The van der Waals surface area contributed by atoms with Gasteiger partial charge in [-0.1, -0.05) is 61.5 Å². The molecule has 0 spiro atoms. The summed E-state index contributed by atoms with van der Waals surface area (Å²) in [5.74, 6) is -0.940. The lowest BCUT2D eigenvalue weighted by atomic mass is 10.0. The lowest BCUT2D eigenvalue weighted by molar-refractivity contribution is 0.0688. The molecule has 0 bridgehead atoms. The van der Waals surface area contributed by atoms with Crippen LogP contribution in [0.3, 0.4) is 0 Å². The number of thiazole rings is 1. The second-order valence-electron chi connectivity index (χ2n) is 5.75. The van der Waals surface area contributed by atoms with E-state index in [9.17, 15) is 9.90 Å². The normalized spacial score (nSPS) is 11.1. The molecule has 4 aromatic rings. The van der Waals surface area contributed by atoms with E-state index in [2.05, 4.69) is 29.2 Å². The van der Waals surface area contributed by atoms with Crippen LogP contribution in [0, 0.1) is 0 Å². The van der Waals surface area contributed by atoms with E-state index in [1.54, 1.807) is 4.40 Å². The Morgan fingerprint density at radius 2 is 1.68 bits per heavy atom. The first-order valence-electron chi connectivity index (χ1n) is 8.07. The number of nitrogens with zero attached hydrogens (tertiary/aromatic N) is 2. The van der Waals surface area contributed by atoms with Crippen molar-refractivity contribution in [3.05, 3.63) is 71.4 Å². The van der Waals surface area contributed by atoms with Crippen molar-refractivity contribution >= 4 is 22.3 Å². The van der Waals surface area contributed by atoms with Crippen LogP contribution >= 0.6 is 11.3 Å². The molecular formula is C20H16N2O2S. The molecule has 0 amide bonds. The van der Waals surface area contributed by atoms with Gasteiger partial charge in [-0.2, -0.15) is 0 Å². The molecule has 2 aromatic heterocycles. The molecule has 0 aliphatic carbocycles. The van der Waals surface area contributed by atoms with Crippen molar-refractivity contribution in [1.29, 1.82) is 0 Å². The fraction of sp³-hybridized carbons (Fsp3) is 0.100. The first kappa shape index (κ1) is 15.6. The van der Waals surface area contributed by atoms with Crippen LogP contribution in [0.5, 0.6) is 0 Å². The minimum Gasteiger partial charge on any atom is -0.477 e. The van der Waals surface area contributed by atoms with Gasteiger partial charge in [0.2, 0.25) is 0 Å². The van der Waals surface area contributed by atoms with Crippen LogP contribution in [-0.4, -0.2) is 20.5 Å². The van der Waals surface area contributed by atoms with Crippen LogP contribution in [0.4, 0.5) is 0 Å². The van der Waals surface area contributed by atoms with Gasteiger partial charge in [-0.05, 0) is 23.1 Å². The van der Waals surface area contributed by atoms with Crippen molar-refractivity contribution in [3.8, 4) is 22.4 Å². The number of rotatable bonds is 4. The Hall–Kier alpha value is -2.92. The van der Waals surface area contributed by atoms with E-state index in [1.807, 2.05) is 42.6 Å². The number of carboxylic acid groups (broad SMARTS) is 1. The summed E-state index contributed by atoms with van der Waals surface area (Å²) in [6.07, 6.45) is 0.600. The molecule has 5 heteroatoms. The van der Waals surface area contributed by atoms with Gasteiger partial charge in [0.1, 0.15) is 0 Å². The van der Waals surface area contributed by atoms with Crippen molar-refractivity contribution in [2.75, 3.05) is 0 Å². The van der Waals surface area contributed by atoms with Crippen LogP contribution in [-0.2, 0) is 6.42 Å². The highest BCUT2D eigenvalue weighted by atomic mass is 32.1. The van der Waals surface area contributed by atoms with Gasteiger partial charge in [-0.15, -0.1) is 11.3 Å². The molecule has 2 aromatic carbocycles. The lowest BCUT2D eigenvalue weighted by Gasteiger charge is -2.05. The van der Waals surface area contributed by atoms with Crippen molar-refractivity contribution in [2.24, 2.45) is 0 Å². The Bertz CT molecular complexity index is 1050. The largest absolute Gasteiger partial charge is 0.477 e. The predicted octanol–water partition coefficient (Wildman–Crippen LogP) is 4.99. The Balaban J connectivity index is 1.82. The van der Waals surface area contributed by atoms with Crippen molar-refractivity contribution in [3.63, 3.8) is 0 Å². The van der Waals surface area contributed by atoms with E-state index < -0.39 is 5.97 Å². The smallest absolute Gasteiger partial charge is 0.354 e. The molecular weight excluding hydrogens is 332 g/mol. The monoisotopic (exact) mass is 348 g/mol. The molecule has 0 unspecified atom stereocenters. The van der Waals surface area contributed by atoms with Gasteiger partial charge < -0.3 is 5.11 Å². The van der Waals surface area contributed by atoms with Crippen molar-refractivity contribution in [2.45, 2.75) is 13.3 Å². The van der Waals surface area contributed by atoms with Crippen LogP contribution in [0.2, 0.25) is 0 Å². The number of hydrogen-bond donors (Lipinski definition) is 1. The van der Waals surface area contributed by atoms with Gasteiger partial charge in [-0.3, -0.25) is 4.40 Å². The molecule has 0 saturated heterocycles. The van der Waals surface area contributed by atoms with Gasteiger partial charge in [-0.25, -0.2) is 9.78 Å². The number of imidazole rings is 1. The third kappa shape index (κ3) is 2.62. The average Bonchev–Trinajstić information content (AvgIpc) is 3.21. The molecule has 4 nitrogen and oxygen atoms in total. The number of aromatic carboxylic acids is 1. The molecule has 124 valence electrons. The third-order valence-corrected chi connectivity index (χ3v) is 5.09. The van der Waals surface area contributed by atoms with E-state index in [0.717, 1.165) is 27.3 Å². The minimum atomic E-state index is -0.940. The highest BCUT2D eigenvalue weighted by Crippen LogP contribution is 2.30. The molecule has 4 rings (SSSR count). The molecule has 0 saturated carbocycles. The summed E-state index contributed by atoms with van der Waals surface area (Å²) in [5.41, 5.74) is 5.03. The zero-order valence-corrected chi connectivity index (χ0v) is 14.5. The molecule has 0 radical (unpaired) electrons. The number of aryl methyl sites for hydroxylation is 1. The van der Waals surface area contributed by atoms with Crippen LogP contribution in [0.1, 0.15) is 23.1 Å². The summed E-state index contributed by atoms with van der Waals surface area (Å²) < 4.78 is 1.75. The van der Waals surface area contributed by atoms with E-state index >= 15 is 0 Å². The Morgan fingerprint density at radius 3 is 2.32 bits per heavy atom. The summed E-state index contributed by atoms with van der Waals surface area (Å²) in [6.45, 7) is 1.92.